The van der Waals surface area contributed by atoms with E-state index in [4.69, 9.17) is 14.8 Å². The van der Waals surface area contributed by atoms with E-state index in [-0.39, 0.29) is 23.5 Å². The molecule has 8 nitrogen and oxygen atoms in total. The van der Waals surface area contributed by atoms with Crippen LogP contribution in [-0.4, -0.2) is 35.1 Å². The van der Waals surface area contributed by atoms with E-state index in [0.717, 1.165) is 18.2 Å². The second kappa shape index (κ2) is 7.84. The number of nitrogens with one attached hydrogen (secondary N) is 1. The van der Waals surface area contributed by atoms with Crippen LogP contribution < -0.4 is 10.8 Å². The van der Waals surface area contributed by atoms with Crippen LogP contribution in [0.5, 0.6) is 0 Å². The second-order valence-electron chi connectivity index (χ2n) is 5.11. The fourth-order valence-corrected chi connectivity index (χ4v) is 2.17. The summed E-state index contributed by atoms with van der Waals surface area (Å²) in [5.41, 5.74) is -0.380. The van der Waals surface area contributed by atoms with Crippen molar-refractivity contribution in [2.75, 3.05) is 12.4 Å². The van der Waals surface area contributed by atoms with Gasteiger partial charge in [-0.25, -0.2) is 4.39 Å². The van der Waals surface area contributed by atoms with Gasteiger partial charge in [-0.05, 0) is 29.8 Å². The van der Waals surface area contributed by atoms with Gasteiger partial charge in [-0.2, -0.15) is 0 Å². The lowest BCUT2D eigenvalue weighted by atomic mass is 9.79. The monoisotopic (exact) mass is 348 g/mol. The molecule has 0 spiro atoms. The summed E-state index contributed by atoms with van der Waals surface area (Å²) in [5, 5.41) is 31.7. The molecule has 0 aliphatic heterocycles. The number of ether oxygens (including phenoxy) is 1. The Morgan fingerprint density at radius 2 is 2.04 bits per heavy atom. The lowest BCUT2D eigenvalue weighted by Gasteiger charge is -2.09. The maximum Gasteiger partial charge on any atom is 0.491 e. The molecule has 0 heterocycles. The molecule has 0 aliphatic carbocycles. The molecule has 0 radical (unpaired) electrons. The molecule has 0 aliphatic rings. The zero-order chi connectivity index (χ0) is 18.6. The smallest absolute Gasteiger partial charge is 0.423 e. The Balaban J connectivity index is 2.31. The van der Waals surface area contributed by atoms with Crippen molar-refractivity contribution in [1.82, 2.24) is 0 Å². The number of nitrogens with zero attached hydrogens (tertiary/aromatic N) is 1. The molecule has 0 saturated carbocycles. The summed E-state index contributed by atoms with van der Waals surface area (Å²) >= 11 is 0. The highest BCUT2D eigenvalue weighted by atomic mass is 19.1. The number of hydrogen-bond acceptors (Lipinski definition) is 6. The van der Waals surface area contributed by atoms with Crippen molar-refractivity contribution in [2.24, 2.45) is 0 Å². The van der Waals surface area contributed by atoms with Gasteiger partial charge < -0.3 is 20.1 Å². The quantitative estimate of drug-likeness (QED) is 0.404. The minimum absolute atomic E-state index is 0.0507. The summed E-state index contributed by atoms with van der Waals surface area (Å²) in [7, 11) is -0.640. The number of carbonyl (C=O) groups is 1. The fraction of sp³-hybridized carbons (Fsp3) is 0.133. The van der Waals surface area contributed by atoms with Gasteiger partial charge in [0, 0.05) is 24.2 Å². The van der Waals surface area contributed by atoms with Crippen LogP contribution in [-0.2, 0) is 11.3 Å². The number of anilines is 1. The van der Waals surface area contributed by atoms with E-state index in [1.165, 1.54) is 19.2 Å². The first-order valence-corrected chi connectivity index (χ1v) is 7.06. The number of hydrogen-bond donors (Lipinski definition) is 3. The van der Waals surface area contributed by atoms with Gasteiger partial charge in [-0.3, -0.25) is 14.9 Å². The van der Waals surface area contributed by atoms with E-state index in [1.54, 1.807) is 6.07 Å². The van der Waals surface area contributed by atoms with Crippen LogP contribution in [0.2, 0.25) is 0 Å². The van der Waals surface area contributed by atoms with E-state index in [1.807, 2.05) is 0 Å². The Hall–Kier alpha value is -2.82. The van der Waals surface area contributed by atoms with Crippen LogP contribution >= 0.6 is 0 Å². The predicted molar refractivity (Wildman–Crippen MR) is 88.0 cm³/mol. The van der Waals surface area contributed by atoms with Crippen molar-refractivity contribution in [3.8, 4) is 0 Å². The Morgan fingerprint density at radius 1 is 1.32 bits per heavy atom. The second-order valence-corrected chi connectivity index (χ2v) is 5.11. The van der Waals surface area contributed by atoms with Crippen molar-refractivity contribution in [1.29, 1.82) is 0 Å². The SMILES string of the molecule is COCc1ccc(NC(=O)c2ccc(F)c(B(O)O)c2)c([N+](=O)[O-])c1. The van der Waals surface area contributed by atoms with Crippen molar-refractivity contribution < 1.29 is 28.9 Å². The molecule has 3 N–H and O–H groups in total. The summed E-state index contributed by atoms with van der Waals surface area (Å²) in [6.45, 7) is 0.171. The molecule has 0 fully saturated rings. The number of halogens is 1. The highest BCUT2D eigenvalue weighted by molar-refractivity contribution is 6.58. The van der Waals surface area contributed by atoms with Gasteiger partial charge in [0.05, 0.1) is 11.5 Å². The van der Waals surface area contributed by atoms with Gasteiger partial charge in [0.2, 0.25) is 0 Å². The molecule has 130 valence electrons. The molecule has 10 heteroatoms. The maximum absolute atomic E-state index is 13.4. The summed E-state index contributed by atoms with van der Waals surface area (Å²) in [6.07, 6.45) is 0. The molecule has 0 atom stereocenters. The normalized spacial score (nSPS) is 10.4. The zero-order valence-corrected chi connectivity index (χ0v) is 13.1. The molecular formula is C15H14BFN2O6. The van der Waals surface area contributed by atoms with Gasteiger partial charge in [0.1, 0.15) is 11.5 Å². The van der Waals surface area contributed by atoms with E-state index in [0.29, 0.717) is 5.56 Å². The van der Waals surface area contributed by atoms with Crippen LogP contribution in [0, 0.1) is 15.9 Å². The first-order chi connectivity index (χ1) is 11.8. The van der Waals surface area contributed by atoms with E-state index in [2.05, 4.69) is 5.32 Å². The minimum Gasteiger partial charge on any atom is -0.423 e. The zero-order valence-electron chi connectivity index (χ0n) is 13.1. The lowest BCUT2D eigenvalue weighted by molar-refractivity contribution is -0.384. The van der Waals surface area contributed by atoms with Gasteiger partial charge in [0.25, 0.3) is 11.6 Å². The van der Waals surface area contributed by atoms with Gasteiger partial charge in [-0.1, -0.05) is 6.07 Å². The summed E-state index contributed by atoms with van der Waals surface area (Å²) in [6, 6.07) is 7.17. The van der Waals surface area contributed by atoms with Crippen LogP contribution in [0.15, 0.2) is 36.4 Å². The molecular weight excluding hydrogens is 334 g/mol. The molecule has 0 saturated heterocycles. The van der Waals surface area contributed by atoms with Crippen LogP contribution in [0.25, 0.3) is 0 Å². The third kappa shape index (κ3) is 4.38. The summed E-state index contributed by atoms with van der Waals surface area (Å²) in [5.74, 6) is -1.65. The topological polar surface area (TPSA) is 122 Å². The van der Waals surface area contributed by atoms with Crippen molar-refractivity contribution >= 4 is 29.9 Å². The summed E-state index contributed by atoms with van der Waals surface area (Å²) < 4.78 is 18.4. The largest absolute Gasteiger partial charge is 0.491 e. The van der Waals surface area contributed by atoms with Crippen molar-refractivity contribution in [3.05, 3.63) is 63.5 Å². The van der Waals surface area contributed by atoms with E-state index < -0.39 is 29.2 Å². The number of rotatable bonds is 6. The number of nitro benzene ring substituents is 1. The molecule has 0 unspecified atom stereocenters. The van der Waals surface area contributed by atoms with Gasteiger partial charge >= 0.3 is 7.12 Å². The first kappa shape index (κ1) is 18.5. The van der Waals surface area contributed by atoms with Crippen LogP contribution in [0.3, 0.4) is 0 Å². The Labute approximate surface area is 142 Å². The predicted octanol–water partition coefficient (Wildman–Crippen LogP) is 0.812. The highest BCUT2D eigenvalue weighted by Crippen LogP contribution is 2.26. The third-order valence-electron chi connectivity index (χ3n) is 3.35. The van der Waals surface area contributed by atoms with Gasteiger partial charge in [0.15, 0.2) is 0 Å². The standard InChI is InChI=1S/C15H14BFN2O6/c1-25-8-9-2-5-13(14(6-9)19(23)24)18-15(20)10-3-4-12(17)11(7-10)16(21)22/h2-7,21-22H,8H2,1H3,(H,18,20). The van der Waals surface area contributed by atoms with Gasteiger partial charge in [-0.15, -0.1) is 0 Å². The van der Waals surface area contributed by atoms with Crippen molar-refractivity contribution in [2.45, 2.75) is 6.61 Å². The average Bonchev–Trinajstić information content (AvgIpc) is 2.56. The lowest BCUT2D eigenvalue weighted by Crippen LogP contribution is -2.33. The molecule has 2 aromatic carbocycles. The van der Waals surface area contributed by atoms with Crippen LogP contribution in [0.1, 0.15) is 15.9 Å². The minimum atomic E-state index is -2.09. The summed E-state index contributed by atoms with van der Waals surface area (Å²) in [4.78, 5) is 22.8. The molecule has 0 aromatic heterocycles. The number of methoxy groups -OCH3 is 1. The Bertz CT molecular complexity index is 815. The van der Waals surface area contributed by atoms with Crippen molar-refractivity contribution in [3.63, 3.8) is 0 Å². The Morgan fingerprint density at radius 3 is 2.64 bits per heavy atom. The molecule has 2 rings (SSSR count). The van der Waals surface area contributed by atoms with Crippen LogP contribution in [0.4, 0.5) is 15.8 Å². The number of carbonyl (C=O) groups excluding carboxylic acids is 1. The molecule has 1 amide bonds. The fourth-order valence-electron chi connectivity index (χ4n) is 2.17. The number of nitro groups is 1. The highest BCUT2D eigenvalue weighted by Gasteiger charge is 2.21. The first-order valence-electron chi connectivity index (χ1n) is 7.06. The van der Waals surface area contributed by atoms with E-state index >= 15 is 0 Å². The average molecular weight is 348 g/mol. The molecule has 2 aromatic rings. The number of benzene rings is 2. The Kier molecular flexibility index (Phi) is 5.81. The van der Waals surface area contributed by atoms with E-state index in [9.17, 15) is 19.3 Å². The number of amides is 1. The molecule has 25 heavy (non-hydrogen) atoms. The maximum atomic E-state index is 13.4. The molecule has 0 bridgehead atoms. The third-order valence-corrected chi connectivity index (χ3v) is 3.35.